The lowest BCUT2D eigenvalue weighted by Gasteiger charge is -2.05. The van der Waals surface area contributed by atoms with E-state index in [4.69, 9.17) is 5.73 Å². The highest BCUT2D eigenvalue weighted by atomic mass is 32.1. The molecule has 2 aromatic heterocycles. The molecule has 0 bridgehead atoms. The Bertz CT molecular complexity index is 588. The second kappa shape index (κ2) is 5.22. The molecule has 8 nitrogen and oxygen atoms in total. The Morgan fingerprint density at radius 2 is 2.32 bits per heavy atom. The zero-order valence-electron chi connectivity index (χ0n) is 10.9. The number of nitrogens with zero attached hydrogens (tertiary/aromatic N) is 5. The first-order valence-corrected chi connectivity index (χ1v) is 6.35. The third-order valence-corrected chi connectivity index (χ3v) is 3.68. The van der Waals surface area contributed by atoms with Gasteiger partial charge in [-0.2, -0.15) is 0 Å². The van der Waals surface area contributed by atoms with Crippen molar-refractivity contribution in [2.45, 2.75) is 6.54 Å². The maximum Gasteiger partial charge on any atom is 0.265 e. The molecule has 1 amide bonds. The van der Waals surface area contributed by atoms with Gasteiger partial charge in [0.2, 0.25) is 0 Å². The van der Waals surface area contributed by atoms with Gasteiger partial charge in [-0.15, -0.1) is 10.2 Å². The van der Waals surface area contributed by atoms with Crippen molar-refractivity contribution in [3.05, 3.63) is 17.0 Å². The maximum absolute atomic E-state index is 12.0. The minimum absolute atomic E-state index is 0.240. The van der Waals surface area contributed by atoms with Gasteiger partial charge in [0.25, 0.3) is 5.91 Å². The maximum atomic E-state index is 12.0. The SMILES string of the molecule is CN(C)c1nc(N)c(C(=O)NCc2nncn2C)s1. The van der Waals surface area contributed by atoms with Crippen LogP contribution in [0.2, 0.25) is 0 Å². The molecule has 2 rings (SSSR count). The van der Waals surface area contributed by atoms with Crippen LogP contribution >= 0.6 is 11.3 Å². The molecule has 0 aliphatic rings. The van der Waals surface area contributed by atoms with Crippen LogP contribution in [-0.4, -0.2) is 39.8 Å². The van der Waals surface area contributed by atoms with Crippen molar-refractivity contribution >= 4 is 28.2 Å². The summed E-state index contributed by atoms with van der Waals surface area (Å²) in [6.45, 7) is 0.296. The van der Waals surface area contributed by atoms with Crippen LogP contribution in [0.1, 0.15) is 15.5 Å². The molecule has 0 radical (unpaired) electrons. The molecule has 2 heterocycles. The van der Waals surface area contributed by atoms with E-state index >= 15 is 0 Å². The molecule has 0 aromatic carbocycles. The molecule has 2 aromatic rings. The summed E-state index contributed by atoms with van der Waals surface area (Å²) in [7, 11) is 5.51. The Morgan fingerprint density at radius 1 is 1.58 bits per heavy atom. The molecule has 0 aliphatic carbocycles. The van der Waals surface area contributed by atoms with Crippen LogP contribution in [0.5, 0.6) is 0 Å². The van der Waals surface area contributed by atoms with E-state index < -0.39 is 0 Å². The molecular weight excluding hydrogens is 266 g/mol. The van der Waals surface area contributed by atoms with Gasteiger partial charge in [0.15, 0.2) is 11.0 Å². The second-order valence-electron chi connectivity index (χ2n) is 4.15. The van der Waals surface area contributed by atoms with E-state index in [0.717, 1.165) is 0 Å². The number of hydrogen-bond donors (Lipinski definition) is 2. The minimum Gasteiger partial charge on any atom is -0.382 e. The number of rotatable bonds is 4. The van der Waals surface area contributed by atoms with Crippen molar-refractivity contribution in [1.29, 1.82) is 0 Å². The van der Waals surface area contributed by atoms with Crippen LogP contribution in [-0.2, 0) is 13.6 Å². The second-order valence-corrected chi connectivity index (χ2v) is 5.12. The predicted octanol–water partition coefficient (Wildman–Crippen LogP) is -0.150. The molecule has 0 spiro atoms. The molecule has 0 saturated carbocycles. The quantitative estimate of drug-likeness (QED) is 0.808. The number of carbonyl (C=O) groups excluding carboxylic acids is 1. The Labute approximate surface area is 114 Å². The van der Waals surface area contributed by atoms with Gasteiger partial charge in [-0.25, -0.2) is 4.98 Å². The Balaban J connectivity index is 2.06. The number of aryl methyl sites for hydroxylation is 1. The minimum atomic E-state index is -0.258. The van der Waals surface area contributed by atoms with E-state index in [-0.39, 0.29) is 11.7 Å². The summed E-state index contributed by atoms with van der Waals surface area (Å²) >= 11 is 1.25. The summed E-state index contributed by atoms with van der Waals surface area (Å²) in [4.78, 5) is 18.3. The summed E-state index contributed by atoms with van der Waals surface area (Å²) < 4.78 is 1.74. The summed E-state index contributed by atoms with van der Waals surface area (Å²) in [5.41, 5.74) is 5.74. The fourth-order valence-electron chi connectivity index (χ4n) is 1.38. The molecule has 0 saturated heterocycles. The van der Waals surface area contributed by atoms with Crippen molar-refractivity contribution < 1.29 is 4.79 Å². The van der Waals surface area contributed by atoms with Gasteiger partial charge in [0, 0.05) is 21.1 Å². The molecule has 0 atom stereocenters. The number of anilines is 2. The van der Waals surface area contributed by atoms with Crippen molar-refractivity contribution in [1.82, 2.24) is 25.1 Å². The Hall–Kier alpha value is -2.16. The third-order valence-electron chi connectivity index (χ3n) is 2.44. The fourth-order valence-corrected chi connectivity index (χ4v) is 2.21. The summed E-state index contributed by atoms with van der Waals surface area (Å²) in [6, 6.07) is 0. The largest absolute Gasteiger partial charge is 0.382 e. The van der Waals surface area contributed by atoms with Crippen molar-refractivity contribution in [2.75, 3.05) is 24.7 Å². The first kappa shape index (κ1) is 13.3. The Morgan fingerprint density at radius 3 is 2.84 bits per heavy atom. The normalized spacial score (nSPS) is 10.5. The van der Waals surface area contributed by atoms with Crippen molar-refractivity contribution in [3.63, 3.8) is 0 Å². The van der Waals surface area contributed by atoms with E-state index in [1.165, 1.54) is 11.3 Å². The van der Waals surface area contributed by atoms with Crippen LogP contribution < -0.4 is 16.0 Å². The number of nitrogens with one attached hydrogen (secondary N) is 1. The highest BCUT2D eigenvalue weighted by molar-refractivity contribution is 7.18. The summed E-state index contributed by atoms with van der Waals surface area (Å²) in [6.07, 6.45) is 1.58. The first-order valence-electron chi connectivity index (χ1n) is 5.53. The van der Waals surface area contributed by atoms with Crippen LogP contribution in [0, 0.1) is 0 Å². The number of aromatic nitrogens is 4. The van der Waals surface area contributed by atoms with Gasteiger partial charge in [-0.1, -0.05) is 11.3 Å². The highest BCUT2D eigenvalue weighted by Gasteiger charge is 2.17. The van der Waals surface area contributed by atoms with Crippen LogP contribution in [0.25, 0.3) is 0 Å². The fraction of sp³-hybridized carbons (Fsp3) is 0.400. The molecule has 0 aliphatic heterocycles. The monoisotopic (exact) mass is 281 g/mol. The number of hydrogen-bond acceptors (Lipinski definition) is 7. The van der Waals surface area contributed by atoms with Crippen LogP contribution in [0.15, 0.2) is 6.33 Å². The number of carbonyl (C=O) groups is 1. The van der Waals surface area contributed by atoms with E-state index in [1.807, 2.05) is 21.1 Å². The topological polar surface area (TPSA) is 102 Å². The van der Waals surface area contributed by atoms with Gasteiger partial charge in [-0.3, -0.25) is 4.79 Å². The van der Waals surface area contributed by atoms with E-state index in [1.54, 1.807) is 15.8 Å². The molecule has 3 N–H and O–H groups in total. The van der Waals surface area contributed by atoms with Gasteiger partial charge < -0.3 is 20.5 Å². The predicted molar refractivity (Wildman–Crippen MR) is 73.0 cm³/mol. The molecule has 102 valence electrons. The summed E-state index contributed by atoms with van der Waals surface area (Å²) in [5.74, 6) is 0.652. The van der Waals surface area contributed by atoms with Crippen LogP contribution in [0.4, 0.5) is 10.9 Å². The number of nitrogen functional groups attached to an aromatic ring is 1. The molecule has 0 fully saturated rings. The van der Waals surface area contributed by atoms with Gasteiger partial charge >= 0.3 is 0 Å². The van der Waals surface area contributed by atoms with E-state index in [0.29, 0.717) is 22.4 Å². The average molecular weight is 281 g/mol. The molecule has 19 heavy (non-hydrogen) atoms. The smallest absolute Gasteiger partial charge is 0.265 e. The zero-order valence-corrected chi connectivity index (χ0v) is 11.7. The van der Waals surface area contributed by atoms with Gasteiger partial charge in [0.1, 0.15) is 17.0 Å². The molecule has 0 unspecified atom stereocenters. The highest BCUT2D eigenvalue weighted by Crippen LogP contribution is 2.26. The lowest BCUT2D eigenvalue weighted by molar-refractivity contribution is 0.0954. The average Bonchev–Trinajstić information content (AvgIpc) is 2.93. The standard InChI is InChI=1S/C10H15N7OS/c1-16(2)10-14-8(11)7(19-10)9(18)12-4-6-15-13-5-17(6)3/h5H,4,11H2,1-3H3,(H,12,18). The van der Waals surface area contributed by atoms with Crippen molar-refractivity contribution in [3.8, 4) is 0 Å². The lowest BCUT2D eigenvalue weighted by atomic mass is 10.4. The van der Waals surface area contributed by atoms with E-state index in [2.05, 4.69) is 20.5 Å². The number of nitrogens with two attached hydrogens (primary N) is 1. The van der Waals surface area contributed by atoms with Gasteiger partial charge in [-0.05, 0) is 0 Å². The summed E-state index contributed by atoms with van der Waals surface area (Å²) in [5, 5.41) is 11.1. The van der Waals surface area contributed by atoms with Gasteiger partial charge in [0.05, 0.1) is 6.54 Å². The zero-order chi connectivity index (χ0) is 14.0. The van der Waals surface area contributed by atoms with E-state index in [9.17, 15) is 4.79 Å². The third kappa shape index (κ3) is 2.81. The number of amides is 1. The lowest BCUT2D eigenvalue weighted by Crippen LogP contribution is -2.24. The Kier molecular flexibility index (Phi) is 3.65. The molecular formula is C10H15N7OS. The van der Waals surface area contributed by atoms with Crippen LogP contribution in [0.3, 0.4) is 0 Å². The molecule has 9 heteroatoms. The first-order chi connectivity index (χ1) is 8.99. The van der Waals surface area contributed by atoms with Crippen molar-refractivity contribution in [2.24, 2.45) is 7.05 Å². The number of thiazole rings is 1.